The molecule has 0 aliphatic heterocycles. The average Bonchev–Trinajstić information content (AvgIpc) is 1.96. The van der Waals surface area contributed by atoms with Gasteiger partial charge in [-0.3, -0.25) is 0 Å². The third-order valence-corrected chi connectivity index (χ3v) is 0.667. The Balaban J connectivity index is 0. The Morgan fingerprint density at radius 3 is 0.778 bits per heavy atom. The molecule has 1 heteroatoms. The number of hydrogen-bond donors (Lipinski definition) is 1. The van der Waals surface area contributed by atoms with Crippen molar-refractivity contribution in [2.75, 3.05) is 0 Å². The highest BCUT2D eigenvalue weighted by Gasteiger charge is 1.57. The first-order chi connectivity index (χ1) is 4.00. The molecule has 1 rings (SSSR count). The second kappa shape index (κ2) is 10.0. The minimum absolute atomic E-state index is 0. The van der Waals surface area contributed by atoms with E-state index in [-0.39, 0.29) is 6.15 Å². The lowest BCUT2D eigenvalue weighted by Gasteiger charge is -1.69. The van der Waals surface area contributed by atoms with Crippen LogP contribution in [0.15, 0.2) is 49.6 Å². The fourth-order valence-electron chi connectivity index (χ4n) is 0.385. The summed E-state index contributed by atoms with van der Waals surface area (Å²) < 4.78 is 0. The molecule has 0 aromatic heterocycles. The van der Waals surface area contributed by atoms with Crippen molar-refractivity contribution in [1.29, 1.82) is 0 Å². The van der Waals surface area contributed by atoms with Gasteiger partial charge in [0.1, 0.15) is 0 Å². The molecule has 9 heavy (non-hydrogen) atoms. The van der Waals surface area contributed by atoms with Crippen molar-refractivity contribution in [2.45, 2.75) is 0 Å². The zero-order chi connectivity index (χ0) is 6.24. The van der Waals surface area contributed by atoms with E-state index in [1.54, 1.807) is 0 Å². The third-order valence-electron chi connectivity index (χ3n) is 0.667. The molecule has 0 aliphatic carbocycles. The molecule has 0 spiro atoms. The fourth-order valence-corrected chi connectivity index (χ4v) is 0.385. The van der Waals surface area contributed by atoms with Gasteiger partial charge in [0.05, 0.1) is 0 Å². The quantitative estimate of drug-likeness (QED) is 0.529. The van der Waals surface area contributed by atoms with Crippen LogP contribution in [-0.4, -0.2) is 0 Å². The first-order valence-electron chi connectivity index (χ1n) is 2.50. The second-order valence-electron chi connectivity index (χ2n) is 1.15. The van der Waals surface area contributed by atoms with Crippen molar-refractivity contribution in [3.63, 3.8) is 0 Å². The van der Waals surface area contributed by atoms with Crippen molar-refractivity contribution in [3.8, 4) is 0 Å². The lowest BCUT2D eigenvalue weighted by molar-refractivity contribution is 1.72. The molecule has 3 N–H and O–H groups in total. The maximum absolute atomic E-state index is 3.00. The smallest absolute Gasteiger partial charge is 0.0623 e. The monoisotopic (exact) mass is 123 g/mol. The van der Waals surface area contributed by atoms with E-state index in [1.165, 1.54) is 0 Å². The van der Waals surface area contributed by atoms with E-state index in [4.69, 9.17) is 0 Å². The lowest BCUT2D eigenvalue weighted by atomic mass is 10.4. The molecule has 0 heterocycles. The maximum Gasteiger partial charge on any atom is -0.0623 e. The highest BCUT2D eigenvalue weighted by molar-refractivity contribution is 4.99. The molecular weight excluding hydrogens is 110 g/mol. The van der Waals surface area contributed by atoms with E-state index >= 15 is 0 Å². The van der Waals surface area contributed by atoms with Gasteiger partial charge in [0.15, 0.2) is 0 Å². The summed E-state index contributed by atoms with van der Waals surface area (Å²) in [6.45, 7) is 6.00. The first kappa shape index (κ1) is 10.8. The van der Waals surface area contributed by atoms with Crippen LogP contribution >= 0.6 is 0 Å². The van der Waals surface area contributed by atoms with Gasteiger partial charge >= 0.3 is 0 Å². The topological polar surface area (TPSA) is 35.0 Å². The Bertz CT molecular complexity index is 87.4. The Hall–Kier alpha value is -1.08. The molecule has 0 fully saturated rings. The van der Waals surface area contributed by atoms with Crippen LogP contribution in [0, 0.1) is 0 Å². The highest BCUT2D eigenvalue weighted by atomic mass is 14.0. The van der Waals surface area contributed by atoms with Gasteiger partial charge < -0.3 is 6.15 Å². The van der Waals surface area contributed by atoms with E-state index in [1.807, 2.05) is 36.4 Å². The van der Waals surface area contributed by atoms with Crippen LogP contribution in [0.2, 0.25) is 0 Å². The maximum atomic E-state index is 3.00. The molecule has 0 unspecified atom stereocenters. The third kappa shape index (κ3) is 6.92. The minimum Gasteiger partial charge on any atom is -0.344 e. The summed E-state index contributed by atoms with van der Waals surface area (Å²) in [5, 5.41) is 0. The van der Waals surface area contributed by atoms with E-state index < -0.39 is 0 Å². The summed E-state index contributed by atoms with van der Waals surface area (Å²) in [6, 6.07) is 12.0. The number of hydrogen-bond acceptors (Lipinski definition) is 1. The Morgan fingerprint density at radius 2 is 0.667 bits per heavy atom. The van der Waals surface area contributed by atoms with Gasteiger partial charge in [0.2, 0.25) is 0 Å². The van der Waals surface area contributed by atoms with Crippen molar-refractivity contribution in [2.24, 2.45) is 0 Å². The van der Waals surface area contributed by atoms with Crippen LogP contribution in [0.5, 0.6) is 0 Å². The Labute approximate surface area is 56.6 Å². The average molecular weight is 123 g/mol. The molecule has 0 bridgehead atoms. The summed E-state index contributed by atoms with van der Waals surface area (Å²) in [6.07, 6.45) is 0. The van der Waals surface area contributed by atoms with Crippen molar-refractivity contribution in [3.05, 3.63) is 49.6 Å². The van der Waals surface area contributed by atoms with Gasteiger partial charge in [-0.1, -0.05) is 36.4 Å². The van der Waals surface area contributed by atoms with Crippen LogP contribution in [0.25, 0.3) is 0 Å². The standard InChI is InChI=1S/C6H6.C2H4.H3N/c1-2-4-6-5-3-1;1-2;/h1-6H;1-2H2;1H3. The van der Waals surface area contributed by atoms with Gasteiger partial charge in [-0.05, 0) is 0 Å². The summed E-state index contributed by atoms with van der Waals surface area (Å²) in [4.78, 5) is 0. The van der Waals surface area contributed by atoms with Gasteiger partial charge in [-0.2, -0.15) is 0 Å². The van der Waals surface area contributed by atoms with E-state index in [0.717, 1.165) is 0 Å². The predicted octanol–water partition coefficient (Wildman–Crippen LogP) is 2.65. The first-order valence-corrected chi connectivity index (χ1v) is 2.50. The summed E-state index contributed by atoms with van der Waals surface area (Å²) in [5.74, 6) is 0. The molecule has 50 valence electrons. The number of benzene rings is 1. The molecule has 1 aromatic carbocycles. The molecule has 0 atom stereocenters. The largest absolute Gasteiger partial charge is 0.344 e. The molecule has 0 aliphatic rings. The summed E-state index contributed by atoms with van der Waals surface area (Å²) in [5.41, 5.74) is 0. The van der Waals surface area contributed by atoms with E-state index in [2.05, 4.69) is 13.2 Å². The van der Waals surface area contributed by atoms with Crippen molar-refractivity contribution < 1.29 is 0 Å². The van der Waals surface area contributed by atoms with E-state index in [0.29, 0.717) is 0 Å². The van der Waals surface area contributed by atoms with Crippen LogP contribution in [0.3, 0.4) is 0 Å². The minimum atomic E-state index is 0. The SMILES string of the molecule is C=C.N.c1ccccc1. The van der Waals surface area contributed by atoms with Crippen molar-refractivity contribution >= 4 is 0 Å². The van der Waals surface area contributed by atoms with Gasteiger partial charge in [-0.25, -0.2) is 0 Å². The molecule has 0 radical (unpaired) electrons. The van der Waals surface area contributed by atoms with Crippen LogP contribution in [-0.2, 0) is 0 Å². The van der Waals surface area contributed by atoms with Crippen molar-refractivity contribution in [1.82, 2.24) is 6.15 Å². The van der Waals surface area contributed by atoms with Crippen LogP contribution in [0.1, 0.15) is 0 Å². The Morgan fingerprint density at radius 1 is 0.556 bits per heavy atom. The van der Waals surface area contributed by atoms with E-state index in [9.17, 15) is 0 Å². The summed E-state index contributed by atoms with van der Waals surface area (Å²) in [7, 11) is 0. The van der Waals surface area contributed by atoms with Gasteiger partial charge in [-0.15, -0.1) is 13.2 Å². The zero-order valence-electron chi connectivity index (χ0n) is 5.59. The summed E-state index contributed by atoms with van der Waals surface area (Å²) >= 11 is 0. The predicted molar refractivity (Wildman–Crippen MR) is 42.7 cm³/mol. The molecule has 1 aromatic rings. The molecule has 1 nitrogen and oxygen atoms in total. The second-order valence-corrected chi connectivity index (χ2v) is 1.15. The fraction of sp³-hybridized carbons (Fsp3) is 0. The molecule has 0 saturated heterocycles. The van der Waals surface area contributed by atoms with Gasteiger partial charge in [0, 0.05) is 0 Å². The lowest BCUT2D eigenvalue weighted by Crippen LogP contribution is -1.47. The highest BCUT2D eigenvalue weighted by Crippen LogP contribution is 1.79. The normalized spacial score (nSPS) is 5.78. The van der Waals surface area contributed by atoms with Crippen LogP contribution in [0.4, 0.5) is 0 Å². The molecule has 0 saturated carbocycles. The van der Waals surface area contributed by atoms with Gasteiger partial charge in [0.25, 0.3) is 0 Å². The zero-order valence-corrected chi connectivity index (χ0v) is 5.59. The number of rotatable bonds is 0. The Kier molecular flexibility index (Phi) is 12.0. The van der Waals surface area contributed by atoms with Crippen LogP contribution < -0.4 is 6.15 Å². The molecule has 0 amide bonds. The molecular formula is C8H13N.